The molecule has 2 N–H and O–H groups in total. The number of urea groups is 1. The Bertz CT molecular complexity index is 1100. The van der Waals surface area contributed by atoms with E-state index in [9.17, 15) is 9.59 Å². The molecule has 0 atom stereocenters. The molecule has 0 fully saturated rings. The summed E-state index contributed by atoms with van der Waals surface area (Å²) in [4.78, 5) is 28.6. The van der Waals surface area contributed by atoms with Crippen molar-refractivity contribution in [1.82, 2.24) is 5.32 Å². The first-order valence-corrected chi connectivity index (χ1v) is 10.7. The van der Waals surface area contributed by atoms with Gasteiger partial charge in [-0.15, -0.1) is 0 Å². The number of hydrogen-bond donors (Lipinski definition) is 2. The Morgan fingerprint density at radius 2 is 1.80 bits per heavy atom. The molecule has 1 heterocycles. The number of benzene rings is 3. The third kappa shape index (κ3) is 4.45. The molecule has 3 aromatic rings. The number of fused-ring (bicyclic) bond motifs is 2. The lowest BCUT2D eigenvalue weighted by molar-refractivity contribution is 0.0990. The van der Waals surface area contributed by atoms with Gasteiger partial charge in [0.2, 0.25) is 0 Å². The predicted octanol–water partition coefficient (Wildman–Crippen LogP) is 5.45. The van der Waals surface area contributed by atoms with Crippen LogP contribution in [0.4, 0.5) is 16.2 Å². The molecule has 1 aliphatic heterocycles. The van der Waals surface area contributed by atoms with Gasteiger partial charge in [-0.3, -0.25) is 4.79 Å². The summed E-state index contributed by atoms with van der Waals surface area (Å²) >= 11 is 7.44. The van der Waals surface area contributed by atoms with Gasteiger partial charge >= 0.3 is 6.03 Å². The van der Waals surface area contributed by atoms with Crippen molar-refractivity contribution < 1.29 is 9.59 Å². The van der Waals surface area contributed by atoms with Crippen molar-refractivity contribution >= 4 is 46.7 Å². The average Bonchev–Trinajstić information content (AvgIpc) is 2.85. The van der Waals surface area contributed by atoms with Gasteiger partial charge in [-0.25, -0.2) is 4.79 Å². The molecule has 0 spiro atoms. The second-order valence-corrected chi connectivity index (χ2v) is 8.42. The second-order valence-electron chi connectivity index (χ2n) is 6.90. The smallest absolute Gasteiger partial charge is 0.319 e. The standard InChI is InChI=1S/C23H20ClN3O2S/c1-27-19-14-17(26-23(29)25-13-12-15-6-8-16(24)9-7-15)10-11-21(19)30-20-5-3-2-4-18(20)22(27)28/h2-11,14H,12-13H2,1H3,(H2,25,26,29). The lowest BCUT2D eigenvalue weighted by Gasteiger charge is -2.18. The minimum Gasteiger partial charge on any atom is -0.338 e. The Hall–Kier alpha value is -2.96. The molecule has 0 unspecified atom stereocenters. The van der Waals surface area contributed by atoms with E-state index in [1.807, 2.05) is 66.7 Å². The summed E-state index contributed by atoms with van der Waals surface area (Å²) in [7, 11) is 1.75. The highest BCUT2D eigenvalue weighted by molar-refractivity contribution is 7.99. The normalized spacial score (nSPS) is 12.6. The van der Waals surface area contributed by atoms with Gasteiger partial charge in [0.05, 0.1) is 11.3 Å². The van der Waals surface area contributed by atoms with Gasteiger partial charge in [-0.05, 0) is 54.4 Å². The maximum atomic E-state index is 12.8. The topological polar surface area (TPSA) is 61.4 Å². The second kappa shape index (κ2) is 8.81. The monoisotopic (exact) mass is 437 g/mol. The largest absolute Gasteiger partial charge is 0.338 e. The third-order valence-electron chi connectivity index (χ3n) is 4.83. The van der Waals surface area contributed by atoms with Crippen LogP contribution in [0.1, 0.15) is 15.9 Å². The van der Waals surface area contributed by atoms with E-state index in [0.717, 1.165) is 21.0 Å². The molecule has 0 aliphatic carbocycles. The zero-order valence-corrected chi connectivity index (χ0v) is 17.9. The van der Waals surface area contributed by atoms with Crippen molar-refractivity contribution in [3.05, 3.63) is 82.9 Å². The molecule has 5 nitrogen and oxygen atoms in total. The van der Waals surface area contributed by atoms with E-state index >= 15 is 0 Å². The molecule has 3 amide bonds. The zero-order valence-electron chi connectivity index (χ0n) is 16.3. The number of halogens is 1. The number of carbonyl (C=O) groups is 2. The summed E-state index contributed by atoms with van der Waals surface area (Å²) in [5.74, 6) is -0.0681. The highest BCUT2D eigenvalue weighted by Crippen LogP contribution is 2.41. The summed E-state index contributed by atoms with van der Waals surface area (Å²) in [6.07, 6.45) is 0.709. The molecule has 3 aromatic carbocycles. The number of nitrogens with zero attached hydrogens (tertiary/aromatic N) is 1. The minimum absolute atomic E-state index is 0.0681. The Balaban J connectivity index is 1.42. The zero-order chi connectivity index (χ0) is 21.1. The Labute approximate surface area is 184 Å². The first-order chi connectivity index (χ1) is 14.5. The van der Waals surface area contributed by atoms with Crippen LogP contribution < -0.4 is 15.5 Å². The quantitative estimate of drug-likeness (QED) is 0.570. The van der Waals surface area contributed by atoms with Gasteiger partial charge in [0.25, 0.3) is 5.91 Å². The number of rotatable bonds is 4. The van der Waals surface area contributed by atoms with Crippen molar-refractivity contribution in [2.75, 3.05) is 23.8 Å². The summed E-state index contributed by atoms with van der Waals surface area (Å²) in [5, 5.41) is 6.39. The fourth-order valence-electron chi connectivity index (χ4n) is 3.23. The van der Waals surface area contributed by atoms with Crippen LogP contribution in [-0.4, -0.2) is 25.5 Å². The summed E-state index contributed by atoms with van der Waals surface area (Å²) in [6.45, 7) is 0.502. The maximum absolute atomic E-state index is 12.8. The van der Waals surface area contributed by atoms with E-state index in [1.165, 1.54) is 0 Å². The Kier molecular flexibility index (Phi) is 5.97. The van der Waals surface area contributed by atoms with Crippen LogP contribution in [0, 0.1) is 0 Å². The van der Waals surface area contributed by atoms with E-state index in [0.29, 0.717) is 29.2 Å². The first-order valence-electron chi connectivity index (χ1n) is 9.49. The maximum Gasteiger partial charge on any atom is 0.319 e. The Morgan fingerprint density at radius 1 is 1.03 bits per heavy atom. The van der Waals surface area contributed by atoms with Crippen LogP contribution in [-0.2, 0) is 6.42 Å². The van der Waals surface area contributed by atoms with E-state index in [-0.39, 0.29) is 11.9 Å². The van der Waals surface area contributed by atoms with Gasteiger partial charge in [-0.1, -0.05) is 47.6 Å². The molecule has 0 aromatic heterocycles. The van der Waals surface area contributed by atoms with Crippen molar-refractivity contribution in [3.63, 3.8) is 0 Å². The molecule has 7 heteroatoms. The van der Waals surface area contributed by atoms with Gasteiger partial charge in [0.1, 0.15) is 0 Å². The van der Waals surface area contributed by atoms with Crippen molar-refractivity contribution in [2.24, 2.45) is 0 Å². The van der Waals surface area contributed by atoms with Crippen molar-refractivity contribution in [3.8, 4) is 0 Å². The van der Waals surface area contributed by atoms with Crippen LogP contribution >= 0.6 is 23.4 Å². The van der Waals surface area contributed by atoms with E-state index in [2.05, 4.69) is 10.6 Å². The average molecular weight is 438 g/mol. The van der Waals surface area contributed by atoms with Crippen molar-refractivity contribution in [2.45, 2.75) is 16.2 Å². The van der Waals surface area contributed by atoms with Crippen molar-refractivity contribution in [1.29, 1.82) is 0 Å². The lowest BCUT2D eigenvalue weighted by atomic mass is 10.1. The molecule has 0 saturated heterocycles. The van der Waals surface area contributed by atoms with E-state index in [1.54, 1.807) is 23.7 Å². The van der Waals surface area contributed by atoms with Gasteiger partial charge in [0.15, 0.2) is 0 Å². The number of amides is 3. The fraction of sp³-hybridized carbons (Fsp3) is 0.130. The SMILES string of the molecule is CN1C(=O)c2ccccc2Sc2ccc(NC(=O)NCCc3ccc(Cl)cc3)cc21. The Morgan fingerprint density at radius 3 is 2.60 bits per heavy atom. The van der Waals surface area contributed by atoms with Crippen LogP contribution in [0.2, 0.25) is 5.02 Å². The fourth-order valence-corrected chi connectivity index (χ4v) is 4.44. The lowest BCUT2D eigenvalue weighted by Crippen LogP contribution is -2.30. The molecule has 30 heavy (non-hydrogen) atoms. The highest BCUT2D eigenvalue weighted by Gasteiger charge is 2.24. The molecule has 152 valence electrons. The molecule has 1 aliphatic rings. The molecule has 0 saturated carbocycles. The molecular formula is C23H20ClN3O2S. The molecule has 0 bridgehead atoms. The summed E-state index contributed by atoms with van der Waals surface area (Å²) in [5.41, 5.74) is 3.17. The number of carbonyl (C=O) groups excluding carboxylic acids is 2. The van der Waals surface area contributed by atoms with Crippen LogP contribution in [0.15, 0.2) is 76.5 Å². The van der Waals surface area contributed by atoms with Crippen LogP contribution in [0.5, 0.6) is 0 Å². The van der Waals surface area contributed by atoms with Crippen LogP contribution in [0.25, 0.3) is 0 Å². The van der Waals surface area contributed by atoms with Gasteiger partial charge < -0.3 is 15.5 Å². The number of hydrogen-bond acceptors (Lipinski definition) is 3. The highest BCUT2D eigenvalue weighted by atomic mass is 35.5. The van der Waals surface area contributed by atoms with E-state index in [4.69, 9.17) is 11.6 Å². The number of nitrogens with one attached hydrogen (secondary N) is 2. The van der Waals surface area contributed by atoms with E-state index < -0.39 is 0 Å². The minimum atomic E-state index is -0.289. The molecule has 0 radical (unpaired) electrons. The van der Waals surface area contributed by atoms with Gasteiger partial charge in [0, 0.05) is 34.1 Å². The summed E-state index contributed by atoms with van der Waals surface area (Å²) < 4.78 is 0. The van der Waals surface area contributed by atoms with Gasteiger partial charge in [-0.2, -0.15) is 0 Å². The first kappa shape index (κ1) is 20.3. The summed E-state index contributed by atoms with van der Waals surface area (Å²) in [6, 6.07) is 20.4. The predicted molar refractivity (Wildman–Crippen MR) is 122 cm³/mol. The molecular weight excluding hydrogens is 418 g/mol. The third-order valence-corrected chi connectivity index (χ3v) is 6.23. The molecule has 4 rings (SSSR count). The van der Waals surface area contributed by atoms with Crippen LogP contribution in [0.3, 0.4) is 0 Å². The number of anilines is 2.